The molecule has 0 atom stereocenters. The Balaban J connectivity index is 0.000000292. The van der Waals surface area contributed by atoms with E-state index in [2.05, 4.69) is 0 Å². The Bertz CT molecular complexity index is 167. The molecule has 0 aromatic heterocycles. The van der Waals surface area contributed by atoms with E-state index >= 15 is 0 Å². The predicted molar refractivity (Wildman–Crippen MR) is 44.0 cm³/mol. The highest BCUT2D eigenvalue weighted by atomic mass is 16.4. The second kappa shape index (κ2) is 7.27. The van der Waals surface area contributed by atoms with E-state index in [9.17, 15) is 0 Å². The summed E-state index contributed by atoms with van der Waals surface area (Å²) in [7, 11) is -0.750. The summed E-state index contributed by atoms with van der Waals surface area (Å²) < 4.78 is 0. The topological polar surface area (TPSA) is 60.7 Å². The molecule has 1 rings (SSSR count). The normalized spacial score (nSPS) is 7.91. The van der Waals surface area contributed by atoms with Crippen molar-refractivity contribution in [2.45, 2.75) is 6.61 Å². The average Bonchev–Trinajstić information content (AvgIpc) is 2.08. The summed E-state index contributed by atoms with van der Waals surface area (Å²) in [6.07, 6.45) is 0. The van der Waals surface area contributed by atoms with E-state index in [1.165, 1.54) is 0 Å². The number of rotatable bonds is 1. The fourth-order valence-corrected chi connectivity index (χ4v) is 0.583. The highest BCUT2D eigenvalue weighted by molar-refractivity contribution is 6.13. The van der Waals surface area contributed by atoms with Crippen LogP contribution in [0.1, 0.15) is 5.56 Å². The summed E-state index contributed by atoms with van der Waals surface area (Å²) in [5.41, 5.74) is 0.965. The molecule has 0 aliphatic rings. The molecular formula is C7H11BO3. The molecule has 3 N–H and O–H groups in total. The molecule has 11 heavy (non-hydrogen) atoms. The van der Waals surface area contributed by atoms with Gasteiger partial charge >= 0.3 is 7.69 Å². The van der Waals surface area contributed by atoms with E-state index in [-0.39, 0.29) is 6.61 Å². The van der Waals surface area contributed by atoms with Crippen molar-refractivity contribution < 1.29 is 15.2 Å². The third-order valence-corrected chi connectivity index (χ3v) is 1.03. The molecule has 0 radical (unpaired) electrons. The maximum atomic E-state index is 8.54. The number of aliphatic hydroxyl groups is 1. The highest BCUT2D eigenvalue weighted by Gasteiger charge is 1.81. The maximum absolute atomic E-state index is 8.54. The molecule has 0 aliphatic heterocycles. The molecule has 0 saturated carbocycles. The molecule has 0 unspecified atom stereocenters. The van der Waals surface area contributed by atoms with E-state index in [4.69, 9.17) is 15.2 Å². The first-order valence-electron chi connectivity index (χ1n) is 3.21. The van der Waals surface area contributed by atoms with Crippen LogP contribution in [0.15, 0.2) is 30.3 Å². The second-order valence-electron chi connectivity index (χ2n) is 1.79. The van der Waals surface area contributed by atoms with Gasteiger partial charge < -0.3 is 15.2 Å². The van der Waals surface area contributed by atoms with Crippen LogP contribution in [0.3, 0.4) is 0 Å². The molecule has 0 spiro atoms. The lowest BCUT2D eigenvalue weighted by Gasteiger charge is -1.89. The standard InChI is InChI=1S/C7H8O.BH3O2/c8-6-7-4-2-1-3-5-7;2-1-3/h1-5,8H,6H2;1-3H. The Kier molecular flexibility index (Phi) is 6.72. The van der Waals surface area contributed by atoms with Crippen molar-refractivity contribution in [2.75, 3.05) is 0 Å². The Morgan fingerprint density at radius 3 is 1.82 bits per heavy atom. The first kappa shape index (κ1) is 10.2. The molecule has 0 saturated heterocycles. The molecule has 4 heteroatoms. The predicted octanol–water partition coefficient (Wildman–Crippen LogP) is -0.584. The molecule has 0 heterocycles. The van der Waals surface area contributed by atoms with Gasteiger partial charge in [0, 0.05) is 0 Å². The summed E-state index contributed by atoms with van der Waals surface area (Å²) in [4.78, 5) is 0. The van der Waals surface area contributed by atoms with Crippen molar-refractivity contribution in [1.82, 2.24) is 0 Å². The fourth-order valence-electron chi connectivity index (χ4n) is 0.583. The largest absolute Gasteiger partial charge is 0.432 e. The number of aliphatic hydroxyl groups excluding tert-OH is 1. The van der Waals surface area contributed by atoms with Gasteiger partial charge in [0.2, 0.25) is 0 Å². The van der Waals surface area contributed by atoms with Crippen molar-refractivity contribution in [1.29, 1.82) is 0 Å². The van der Waals surface area contributed by atoms with E-state index in [0.29, 0.717) is 0 Å². The summed E-state index contributed by atoms with van der Waals surface area (Å²) in [6.45, 7) is 0.140. The Labute approximate surface area is 66.2 Å². The zero-order valence-electron chi connectivity index (χ0n) is 6.14. The van der Waals surface area contributed by atoms with Crippen LogP contribution in [0.25, 0.3) is 0 Å². The van der Waals surface area contributed by atoms with E-state index in [1.54, 1.807) is 0 Å². The summed E-state index contributed by atoms with van der Waals surface area (Å²) in [5, 5.41) is 22.8. The quantitative estimate of drug-likeness (QED) is 0.474. The van der Waals surface area contributed by atoms with Crippen LogP contribution < -0.4 is 0 Å². The van der Waals surface area contributed by atoms with Gasteiger partial charge in [0.25, 0.3) is 0 Å². The minimum Gasteiger partial charge on any atom is -0.430 e. The Hall–Kier alpha value is -0.835. The van der Waals surface area contributed by atoms with Crippen LogP contribution in [-0.2, 0) is 6.61 Å². The summed E-state index contributed by atoms with van der Waals surface area (Å²) >= 11 is 0. The number of benzene rings is 1. The minimum absolute atomic E-state index is 0.140. The van der Waals surface area contributed by atoms with Crippen molar-refractivity contribution in [3.05, 3.63) is 35.9 Å². The SMILES string of the molecule is OBO.OCc1ccccc1. The van der Waals surface area contributed by atoms with Gasteiger partial charge in [-0.1, -0.05) is 30.3 Å². The zero-order valence-corrected chi connectivity index (χ0v) is 6.14. The molecule has 1 aromatic carbocycles. The first-order valence-corrected chi connectivity index (χ1v) is 3.21. The fraction of sp³-hybridized carbons (Fsp3) is 0.143. The summed E-state index contributed by atoms with van der Waals surface area (Å²) in [5.74, 6) is 0. The van der Waals surface area contributed by atoms with Gasteiger partial charge in [-0.05, 0) is 5.56 Å². The highest BCUT2D eigenvalue weighted by Crippen LogP contribution is 1.95. The van der Waals surface area contributed by atoms with Gasteiger partial charge in [-0.15, -0.1) is 0 Å². The lowest BCUT2D eigenvalue weighted by molar-refractivity contribution is 0.282. The Morgan fingerprint density at radius 2 is 1.55 bits per heavy atom. The second-order valence-corrected chi connectivity index (χ2v) is 1.79. The monoisotopic (exact) mass is 154 g/mol. The molecule has 0 bridgehead atoms. The molecule has 0 fully saturated rings. The third-order valence-electron chi connectivity index (χ3n) is 1.03. The van der Waals surface area contributed by atoms with Gasteiger partial charge in [0.05, 0.1) is 6.61 Å². The average molecular weight is 154 g/mol. The van der Waals surface area contributed by atoms with Crippen molar-refractivity contribution in [3.63, 3.8) is 0 Å². The van der Waals surface area contributed by atoms with Gasteiger partial charge in [-0.3, -0.25) is 0 Å². The first-order chi connectivity index (χ1) is 5.35. The number of hydrogen-bond acceptors (Lipinski definition) is 3. The van der Waals surface area contributed by atoms with Crippen LogP contribution >= 0.6 is 0 Å². The van der Waals surface area contributed by atoms with Crippen LogP contribution in [0.5, 0.6) is 0 Å². The molecule has 0 amide bonds. The van der Waals surface area contributed by atoms with Crippen molar-refractivity contribution >= 4 is 7.69 Å². The zero-order chi connectivity index (χ0) is 8.53. The molecule has 60 valence electrons. The van der Waals surface area contributed by atoms with Crippen LogP contribution in [0.4, 0.5) is 0 Å². The molecule has 3 nitrogen and oxygen atoms in total. The minimum atomic E-state index is -0.750. The lowest BCUT2D eigenvalue weighted by atomic mass is 10.2. The van der Waals surface area contributed by atoms with Crippen molar-refractivity contribution in [2.24, 2.45) is 0 Å². The molecule has 1 aromatic rings. The summed E-state index contributed by atoms with van der Waals surface area (Å²) in [6, 6.07) is 9.52. The Morgan fingerprint density at radius 1 is 1.09 bits per heavy atom. The van der Waals surface area contributed by atoms with Crippen LogP contribution in [0.2, 0.25) is 0 Å². The van der Waals surface area contributed by atoms with Gasteiger partial charge in [0.15, 0.2) is 0 Å². The van der Waals surface area contributed by atoms with E-state index < -0.39 is 7.69 Å². The molecular weight excluding hydrogens is 143 g/mol. The molecule has 0 aliphatic carbocycles. The maximum Gasteiger partial charge on any atom is 0.432 e. The van der Waals surface area contributed by atoms with Gasteiger partial charge in [-0.2, -0.15) is 0 Å². The van der Waals surface area contributed by atoms with E-state index in [1.807, 2.05) is 30.3 Å². The number of hydrogen-bond donors (Lipinski definition) is 3. The van der Waals surface area contributed by atoms with Gasteiger partial charge in [0.1, 0.15) is 0 Å². The van der Waals surface area contributed by atoms with Crippen LogP contribution in [0, 0.1) is 0 Å². The van der Waals surface area contributed by atoms with Crippen LogP contribution in [-0.4, -0.2) is 22.8 Å². The third kappa shape index (κ3) is 5.60. The van der Waals surface area contributed by atoms with Crippen molar-refractivity contribution in [3.8, 4) is 0 Å². The van der Waals surface area contributed by atoms with Gasteiger partial charge in [-0.25, -0.2) is 0 Å². The lowest BCUT2D eigenvalue weighted by Crippen LogP contribution is -1.77. The smallest absolute Gasteiger partial charge is 0.430 e. The van der Waals surface area contributed by atoms with E-state index in [0.717, 1.165) is 5.56 Å².